The average Bonchev–Trinajstić information content (AvgIpc) is 3.34. The SMILES string of the molecule is CCCCC/C=C\C/C=C\C/C=C\C/C=C\CCCC(=O)O[C@H](COC(=O)CCCCCCC/C=C\CCCCCCC)COC(=O)CCCCCCCCC/C=C\CCCCCCCCCC. The second-order valence-electron chi connectivity index (χ2n) is 19.2. The van der Waals surface area contributed by atoms with Gasteiger partial charge in [-0.3, -0.25) is 14.4 Å². The van der Waals surface area contributed by atoms with Gasteiger partial charge in [0.05, 0.1) is 0 Å². The molecule has 0 aromatic heterocycles. The Labute approximate surface area is 421 Å². The largest absolute Gasteiger partial charge is 0.462 e. The van der Waals surface area contributed by atoms with Crippen molar-refractivity contribution < 1.29 is 28.6 Å². The molecule has 0 radical (unpaired) electrons. The van der Waals surface area contributed by atoms with Gasteiger partial charge < -0.3 is 14.2 Å². The summed E-state index contributed by atoms with van der Waals surface area (Å²) < 4.78 is 16.8. The molecule has 0 saturated heterocycles. The van der Waals surface area contributed by atoms with Gasteiger partial charge in [0.2, 0.25) is 0 Å². The molecular weight excluding hydrogens is 841 g/mol. The lowest BCUT2D eigenvalue weighted by molar-refractivity contribution is -0.167. The second-order valence-corrected chi connectivity index (χ2v) is 19.2. The standard InChI is InChI=1S/C62H108O6/c1-4-7-10-13-16-19-22-25-28-30-31-33-34-37-40-43-46-49-52-55-61(64)67-58-59(57-66-60(63)54-51-48-45-42-39-36-27-24-21-18-15-12-9-6-3)68-62(65)56-53-50-47-44-41-38-35-32-29-26-23-20-17-14-11-8-5-2/h17,20,24,26-27,29-31,35,38,44,47,59H,4-16,18-19,21-23,25,28,32-34,36-37,39-43,45-46,48-58H2,1-3H3/b20-17-,27-24-,29-26-,31-30-,38-35-,47-44-/t59-/m1/s1. The molecule has 0 aliphatic rings. The minimum absolute atomic E-state index is 0.101. The van der Waals surface area contributed by atoms with E-state index in [2.05, 4.69) is 93.7 Å². The second kappa shape index (κ2) is 56.4. The van der Waals surface area contributed by atoms with Crippen LogP contribution in [-0.2, 0) is 28.6 Å². The van der Waals surface area contributed by atoms with Gasteiger partial charge >= 0.3 is 17.9 Å². The number of rotatable bonds is 52. The fraction of sp³-hybridized carbons (Fsp3) is 0.758. The molecule has 0 rings (SSSR count). The highest BCUT2D eigenvalue weighted by atomic mass is 16.6. The summed E-state index contributed by atoms with van der Waals surface area (Å²) in [5.74, 6) is -0.963. The molecule has 0 aromatic carbocycles. The summed E-state index contributed by atoms with van der Waals surface area (Å²) in [5, 5.41) is 0. The van der Waals surface area contributed by atoms with Gasteiger partial charge in [0, 0.05) is 19.3 Å². The molecule has 0 saturated carbocycles. The highest BCUT2D eigenvalue weighted by Gasteiger charge is 2.19. The molecule has 0 aromatic rings. The first-order valence-electron chi connectivity index (χ1n) is 28.9. The molecule has 0 N–H and O–H groups in total. The number of hydrogen-bond acceptors (Lipinski definition) is 6. The quantitative estimate of drug-likeness (QED) is 0.0262. The molecule has 6 nitrogen and oxygen atoms in total. The lowest BCUT2D eigenvalue weighted by Crippen LogP contribution is -2.30. The van der Waals surface area contributed by atoms with Gasteiger partial charge in [-0.15, -0.1) is 0 Å². The molecule has 68 heavy (non-hydrogen) atoms. The van der Waals surface area contributed by atoms with Crippen LogP contribution in [0.4, 0.5) is 0 Å². The molecule has 0 aliphatic heterocycles. The third kappa shape index (κ3) is 53.8. The molecule has 0 spiro atoms. The van der Waals surface area contributed by atoms with Crippen molar-refractivity contribution >= 4 is 17.9 Å². The Hall–Kier alpha value is -3.15. The summed E-state index contributed by atoms with van der Waals surface area (Å²) in [6.07, 6.45) is 71.8. The first-order chi connectivity index (χ1) is 33.5. The Bertz CT molecular complexity index is 1270. The zero-order chi connectivity index (χ0) is 49.3. The van der Waals surface area contributed by atoms with Crippen LogP contribution in [0, 0.1) is 0 Å². The number of unbranched alkanes of at least 4 members (excludes halogenated alkanes) is 29. The number of hydrogen-bond donors (Lipinski definition) is 0. The maximum absolute atomic E-state index is 12.8. The number of ether oxygens (including phenoxy) is 3. The van der Waals surface area contributed by atoms with E-state index in [1.165, 1.54) is 167 Å². The summed E-state index contributed by atoms with van der Waals surface area (Å²) in [4.78, 5) is 38.1. The maximum atomic E-state index is 12.8. The monoisotopic (exact) mass is 949 g/mol. The Balaban J connectivity index is 4.46. The molecule has 0 aliphatic carbocycles. The van der Waals surface area contributed by atoms with Crippen LogP contribution in [0.15, 0.2) is 72.9 Å². The zero-order valence-electron chi connectivity index (χ0n) is 44.9. The topological polar surface area (TPSA) is 78.9 Å². The van der Waals surface area contributed by atoms with Crippen molar-refractivity contribution in [2.45, 2.75) is 290 Å². The minimum Gasteiger partial charge on any atom is -0.462 e. The third-order valence-electron chi connectivity index (χ3n) is 12.4. The van der Waals surface area contributed by atoms with E-state index in [0.29, 0.717) is 19.3 Å². The van der Waals surface area contributed by atoms with Crippen LogP contribution in [0.5, 0.6) is 0 Å². The van der Waals surface area contributed by atoms with Crippen LogP contribution >= 0.6 is 0 Å². The summed E-state index contributed by atoms with van der Waals surface area (Å²) in [6, 6.07) is 0. The lowest BCUT2D eigenvalue weighted by Gasteiger charge is -2.18. The van der Waals surface area contributed by atoms with Crippen molar-refractivity contribution in [3.8, 4) is 0 Å². The van der Waals surface area contributed by atoms with Crippen molar-refractivity contribution in [1.29, 1.82) is 0 Å². The smallest absolute Gasteiger partial charge is 0.306 e. The maximum Gasteiger partial charge on any atom is 0.306 e. The van der Waals surface area contributed by atoms with Crippen LogP contribution in [-0.4, -0.2) is 37.2 Å². The van der Waals surface area contributed by atoms with E-state index in [1.807, 2.05) is 0 Å². The van der Waals surface area contributed by atoms with E-state index in [-0.39, 0.29) is 37.5 Å². The number of carbonyl (C=O) groups excluding carboxylic acids is 3. The third-order valence-corrected chi connectivity index (χ3v) is 12.4. The minimum atomic E-state index is -0.809. The Morgan fingerprint density at radius 3 is 0.912 bits per heavy atom. The van der Waals surface area contributed by atoms with Crippen LogP contribution < -0.4 is 0 Å². The van der Waals surface area contributed by atoms with Crippen LogP contribution in [0.1, 0.15) is 284 Å². The predicted molar refractivity (Wildman–Crippen MR) is 293 cm³/mol. The van der Waals surface area contributed by atoms with Gasteiger partial charge in [-0.05, 0) is 109 Å². The van der Waals surface area contributed by atoms with Crippen molar-refractivity contribution in [3.05, 3.63) is 72.9 Å². The summed E-state index contributed by atoms with van der Waals surface area (Å²) >= 11 is 0. The molecule has 392 valence electrons. The molecule has 1 atom stereocenters. The van der Waals surface area contributed by atoms with Gasteiger partial charge in [0.25, 0.3) is 0 Å². The molecule has 6 heteroatoms. The molecule has 0 unspecified atom stereocenters. The first kappa shape index (κ1) is 64.8. The van der Waals surface area contributed by atoms with Gasteiger partial charge in [-0.25, -0.2) is 0 Å². The van der Waals surface area contributed by atoms with E-state index in [9.17, 15) is 14.4 Å². The fourth-order valence-electron chi connectivity index (χ4n) is 8.01. The summed E-state index contributed by atoms with van der Waals surface area (Å²) in [5.41, 5.74) is 0. The predicted octanol–water partition coefficient (Wildman–Crippen LogP) is 19.4. The van der Waals surface area contributed by atoms with Crippen molar-refractivity contribution in [3.63, 3.8) is 0 Å². The normalized spacial score (nSPS) is 12.6. The summed E-state index contributed by atoms with van der Waals surface area (Å²) in [6.45, 7) is 6.56. The van der Waals surface area contributed by atoms with E-state index >= 15 is 0 Å². The highest BCUT2D eigenvalue weighted by molar-refractivity contribution is 5.71. The van der Waals surface area contributed by atoms with Gasteiger partial charge in [-0.2, -0.15) is 0 Å². The molecule has 0 amide bonds. The number of allylic oxidation sites excluding steroid dienone is 12. The molecule has 0 fully saturated rings. The van der Waals surface area contributed by atoms with Crippen LogP contribution in [0.25, 0.3) is 0 Å². The summed E-state index contributed by atoms with van der Waals surface area (Å²) in [7, 11) is 0. The first-order valence-corrected chi connectivity index (χ1v) is 28.9. The van der Waals surface area contributed by atoms with Crippen molar-refractivity contribution in [2.75, 3.05) is 13.2 Å². The van der Waals surface area contributed by atoms with E-state index in [1.54, 1.807) is 0 Å². The van der Waals surface area contributed by atoms with Gasteiger partial charge in [0.1, 0.15) is 13.2 Å². The molecule has 0 heterocycles. The Morgan fingerprint density at radius 1 is 0.294 bits per heavy atom. The van der Waals surface area contributed by atoms with Crippen molar-refractivity contribution in [1.82, 2.24) is 0 Å². The average molecular weight is 950 g/mol. The number of esters is 3. The van der Waals surface area contributed by atoms with E-state index in [4.69, 9.17) is 14.2 Å². The lowest BCUT2D eigenvalue weighted by atomic mass is 10.1. The zero-order valence-corrected chi connectivity index (χ0v) is 44.9. The van der Waals surface area contributed by atoms with Crippen LogP contribution in [0.3, 0.4) is 0 Å². The Morgan fingerprint density at radius 2 is 0.544 bits per heavy atom. The van der Waals surface area contributed by atoms with Crippen molar-refractivity contribution in [2.24, 2.45) is 0 Å². The molecular formula is C62H108O6. The van der Waals surface area contributed by atoms with E-state index in [0.717, 1.165) is 70.6 Å². The fourth-order valence-corrected chi connectivity index (χ4v) is 8.01. The van der Waals surface area contributed by atoms with Crippen LogP contribution in [0.2, 0.25) is 0 Å². The van der Waals surface area contributed by atoms with Gasteiger partial charge in [-0.1, -0.05) is 229 Å². The number of carbonyl (C=O) groups is 3. The molecule has 0 bridgehead atoms. The Kier molecular flexibility index (Phi) is 53.8. The van der Waals surface area contributed by atoms with E-state index < -0.39 is 6.10 Å². The highest BCUT2D eigenvalue weighted by Crippen LogP contribution is 2.14. The van der Waals surface area contributed by atoms with Gasteiger partial charge in [0.15, 0.2) is 6.10 Å².